The molecule has 0 aromatic heterocycles. The SMILES string of the molecule is C=C1COCc2c(F)cc(F)cc21. The van der Waals surface area contributed by atoms with Gasteiger partial charge in [-0.1, -0.05) is 6.58 Å². The molecule has 1 nitrogen and oxygen atoms in total. The lowest BCUT2D eigenvalue weighted by atomic mass is 9.99. The molecule has 68 valence electrons. The highest BCUT2D eigenvalue weighted by Crippen LogP contribution is 2.27. The highest BCUT2D eigenvalue weighted by molar-refractivity contribution is 5.68. The van der Waals surface area contributed by atoms with Crippen molar-refractivity contribution in [2.75, 3.05) is 6.61 Å². The van der Waals surface area contributed by atoms with Crippen LogP contribution in [0.25, 0.3) is 5.57 Å². The monoisotopic (exact) mass is 182 g/mol. The predicted molar refractivity (Wildman–Crippen MR) is 45.0 cm³/mol. The molecule has 13 heavy (non-hydrogen) atoms. The van der Waals surface area contributed by atoms with Crippen molar-refractivity contribution in [2.24, 2.45) is 0 Å². The van der Waals surface area contributed by atoms with Crippen LogP contribution >= 0.6 is 0 Å². The van der Waals surface area contributed by atoms with Gasteiger partial charge in [-0.15, -0.1) is 0 Å². The molecule has 0 radical (unpaired) electrons. The Hall–Kier alpha value is -1.22. The fraction of sp³-hybridized carbons (Fsp3) is 0.200. The minimum Gasteiger partial charge on any atom is -0.372 e. The van der Waals surface area contributed by atoms with Gasteiger partial charge in [-0.3, -0.25) is 0 Å². The molecule has 1 aromatic carbocycles. The van der Waals surface area contributed by atoms with Gasteiger partial charge in [0.25, 0.3) is 0 Å². The molecule has 0 unspecified atom stereocenters. The zero-order valence-electron chi connectivity index (χ0n) is 6.94. The maximum absolute atomic E-state index is 13.1. The van der Waals surface area contributed by atoms with Crippen LogP contribution in [0, 0.1) is 11.6 Å². The first-order valence-electron chi connectivity index (χ1n) is 3.92. The van der Waals surface area contributed by atoms with Gasteiger partial charge in [0.1, 0.15) is 11.6 Å². The van der Waals surface area contributed by atoms with Gasteiger partial charge in [-0.05, 0) is 17.2 Å². The largest absolute Gasteiger partial charge is 0.372 e. The smallest absolute Gasteiger partial charge is 0.132 e. The number of hydrogen-bond donors (Lipinski definition) is 0. The number of rotatable bonds is 0. The third-order valence-electron chi connectivity index (χ3n) is 2.06. The molecule has 0 amide bonds. The Morgan fingerprint density at radius 2 is 2.00 bits per heavy atom. The summed E-state index contributed by atoms with van der Waals surface area (Å²) in [6, 6.07) is 2.16. The molecule has 3 heteroatoms. The summed E-state index contributed by atoms with van der Waals surface area (Å²) >= 11 is 0. The molecular weight excluding hydrogens is 174 g/mol. The summed E-state index contributed by atoms with van der Waals surface area (Å²) < 4.78 is 31.0. The van der Waals surface area contributed by atoms with Crippen LogP contribution in [0.1, 0.15) is 11.1 Å². The van der Waals surface area contributed by atoms with Gasteiger partial charge in [0.2, 0.25) is 0 Å². The third kappa shape index (κ3) is 1.35. The lowest BCUT2D eigenvalue weighted by Crippen LogP contribution is -2.10. The normalized spacial score (nSPS) is 15.7. The van der Waals surface area contributed by atoms with Crippen LogP contribution in [-0.4, -0.2) is 6.61 Å². The molecule has 0 atom stereocenters. The Balaban J connectivity index is 2.63. The van der Waals surface area contributed by atoms with Crippen LogP contribution < -0.4 is 0 Å². The van der Waals surface area contributed by atoms with E-state index in [1.54, 1.807) is 0 Å². The molecule has 0 N–H and O–H groups in total. The molecule has 0 spiro atoms. The lowest BCUT2D eigenvalue weighted by Gasteiger charge is -2.18. The van der Waals surface area contributed by atoms with Gasteiger partial charge in [-0.2, -0.15) is 0 Å². The standard InChI is InChI=1S/C10H8F2O/c1-6-4-13-5-9-8(6)2-7(11)3-10(9)12/h2-3H,1,4-5H2. The second-order valence-corrected chi connectivity index (χ2v) is 3.01. The minimum absolute atomic E-state index is 0.195. The number of benzene rings is 1. The van der Waals surface area contributed by atoms with E-state index in [2.05, 4.69) is 6.58 Å². The highest BCUT2D eigenvalue weighted by Gasteiger charge is 2.17. The summed E-state index contributed by atoms with van der Waals surface area (Å²) in [4.78, 5) is 0. The van der Waals surface area contributed by atoms with E-state index in [1.165, 1.54) is 6.07 Å². The van der Waals surface area contributed by atoms with Gasteiger partial charge in [0.05, 0.1) is 13.2 Å². The van der Waals surface area contributed by atoms with Crippen molar-refractivity contribution in [3.05, 3.63) is 41.5 Å². The molecule has 0 aliphatic carbocycles. The third-order valence-corrected chi connectivity index (χ3v) is 2.06. The van der Waals surface area contributed by atoms with Crippen molar-refractivity contribution in [1.29, 1.82) is 0 Å². The molecule has 1 aliphatic heterocycles. The van der Waals surface area contributed by atoms with Crippen molar-refractivity contribution >= 4 is 5.57 Å². The van der Waals surface area contributed by atoms with Crippen LogP contribution in [0.3, 0.4) is 0 Å². The second kappa shape index (κ2) is 2.92. The molecule has 0 fully saturated rings. The molecule has 1 aliphatic rings. The Bertz CT molecular complexity index is 371. The maximum atomic E-state index is 13.1. The van der Waals surface area contributed by atoms with Crippen LogP contribution in [-0.2, 0) is 11.3 Å². The van der Waals surface area contributed by atoms with E-state index in [0.717, 1.165) is 6.07 Å². The predicted octanol–water partition coefficient (Wildman–Crippen LogP) is 2.51. The number of halogens is 2. The van der Waals surface area contributed by atoms with Crippen molar-refractivity contribution < 1.29 is 13.5 Å². The van der Waals surface area contributed by atoms with E-state index >= 15 is 0 Å². The van der Waals surface area contributed by atoms with Gasteiger partial charge in [-0.25, -0.2) is 8.78 Å². The van der Waals surface area contributed by atoms with Crippen LogP contribution in [0.15, 0.2) is 18.7 Å². The quantitative estimate of drug-likeness (QED) is 0.599. The summed E-state index contributed by atoms with van der Waals surface area (Å²) in [5.74, 6) is -1.13. The fourth-order valence-corrected chi connectivity index (χ4v) is 1.42. The highest BCUT2D eigenvalue weighted by atomic mass is 19.1. The molecule has 0 bridgehead atoms. The molecule has 0 saturated heterocycles. The summed E-state index contributed by atoms with van der Waals surface area (Å²) in [7, 11) is 0. The van der Waals surface area contributed by atoms with E-state index in [-0.39, 0.29) is 6.61 Å². The number of hydrogen-bond acceptors (Lipinski definition) is 1. The zero-order chi connectivity index (χ0) is 9.42. The summed E-state index contributed by atoms with van der Waals surface area (Å²) in [6.07, 6.45) is 0. The molecule has 1 heterocycles. The van der Waals surface area contributed by atoms with Crippen LogP contribution in [0.4, 0.5) is 8.78 Å². The molecule has 0 saturated carbocycles. The van der Waals surface area contributed by atoms with E-state index in [4.69, 9.17) is 4.74 Å². The second-order valence-electron chi connectivity index (χ2n) is 3.01. The van der Waals surface area contributed by atoms with Gasteiger partial charge in [0, 0.05) is 11.6 Å². The topological polar surface area (TPSA) is 9.23 Å². The first kappa shape index (κ1) is 8.38. The molecular formula is C10H8F2O. The summed E-state index contributed by atoms with van der Waals surface area (Å²) in [5, 5.41) is 0. The van der Waals surface area contributed by atoms with Crippen LogP contribution in [0.2, 0.25) is 0 Å². The Kier molecular flexibility index (Phi) is 1.88. The van der Waals surface area contributed by atoms with E-state index in [1.807, 2.05) is 0 Å². The maximum Gasteiger partial charge on any atom is 0.132 e. The van der Waals surface area contributed by atoms with Gasteiger partial charge < -0.3 is 4.74 Å². The first-order valence-corrected chi connectivity index (χ1v) is 3.92. The Morgan fingerprint density at radius 3 is 2.77 bits per heavy atom. The average Bonchev–Trinajstić information content (AvgIpc) is 2.07. The average molecular weight is 182 g/mol. The van der Waals surface area contributed by atoms with E-state index in [0.29, 0.717) is 23.3 Å². The fourth-order valence-electron chi connectivity index (χ4n) is 1.42. The van der Waals surface area contributed by atoms with Crippen molar-refractivity contribution in [3.63, 3.8) is 0 Å². The van der Waals surface area contributed by atoms with Gasteiger partial charge >= 0.3 is 0 Å². The van der Waals surface area contributed by atoms with Gasteiger partial charge in [0.15, 0.2) is 0 Å². The summed E-state index contributed by atoms with van der Waals surface area (Å²) in [6.45, 7) is 4.22. The zero-order valence-corrected chi connectivity index (χ0v) is 6.94. The lowest BCUT2D eigenvalue weighted by molar-refractivity contribution is 0.143. The molecule has 2 rings (SSSR count). The van der Waals surface area contributed by atoms with Crippen LogP contribution in [0.5, 0.6) is 0 Å². The van der Waals surface area contributed by atoms with Crippen molar-refractivity contribution in [3.8, 4) is 0 Å². The number of ether oxygens (including phenoxy) is 1. The van der Waals surface area contributed by atoms with E-state index in [9.17, 15) is 8.78 Å². The van der Waals surface area contributed by atoms with Crippen molar-refractivity contribution in [1.82, 2.24) is 0 Å². The van der Waals surface area contributed by atoms with E-state index < -0.39 is 11.6 Å². The van der Waals surface area contributed by atoms with Crippen molar-refractivity contribution in [2.45, 2.75) is 6.61 Å². The minimum atomic E-state index is -0.570. The summed E-state index contributed by atoms with van der Waals surface area (Å²) in [5.41, 5.74) is 1.57. The Labute approximate surface area is 74.6 Å². The number of fused-ring (bicyclic) bond motifs is 1. The first-order chi connectivity index (χ1) is 6.18. The Morgan fingerprint density at radius 1 is 1.23 bits per heavy atom. The molecule has 1 aromatic rings.